The Kier molecular flexibility index (Phi) is 5.62. The average molecular weight is 435 g/mol. The second kappa shape index (κ2) is 8.34. The normalized spacial score (nSPS) is 16.8. The van der Waals surface area contributed by atoms with Crippen molar-refractivity contribution in [2.45, 2.75) is 26.3 Å². The minimum absolute atomic E-state index is 0.107. The fourth-order valence-corrected chi connectivity index (χ4v) is 4.43. The number of aryl methyl sites for hydroxylation is 1. The Morgan fingerprint density at radius 3 is 2.97 bits per heavy atom. The van der Waals surface area contributed by atoms with E-state index >= 15 is 0 Å². The van der Waals surface area contributed by atoms with Gasteiger partial charge in [0, 0.05) is 25.5 Å². The third-order valence-corrected chi connectivity index (χ3v) is 6.03. The molecule has 11 heteroatoms. The fourth-order valence-electron chi connectivity index (χ4n) is 3.46. The van der Waals surface area contributed by atoms with Gasteiger partial charge in [-0.15, -0.1) is 0 Å². The number of carbonyl (C=O) groups is 2. The SMILES string of the molecule is Cc1nc(NC(=O)C2CCCN(C(=O)c3ccoc3)C2)sc1-c1nccn1C(F)F. The Balaban J connectivity index is 1.45. The van der Waals surface area contributed by atoms with E-state index in [1.165, 1.54) is 24.9 Å². The highest BCUT2D eigenvalue weighted by Crippen LogP contribution is 2.34. The van der Waals surface area contributed by atoms with Gasteiger partial charge in [0.25, 0.3) is 5.91 Å². The number of imidazole rings is 1. The zero-order valence-corrected chi connectivity index (χ0v) is 16.9. The Morgan fingerprint density at radius 2 is 2.23 bits per heavy atom. The van der Waals surface area contributed by atoms with E-state index in [-0.39, 0.29) is 23.6 Å². The van der Waals surface area contributed by atoms with E-state index < -0.39 is 6.55 Å². The molecular weight excluding hydrogens is 416 g/mol. The van der Waals surface area contributed by atoms with Crippen LogP contribution in [0.25, 0.3) is 10.7 Å². The van der Waals surface area contributed by atoms with Crippen molar-refractivity contribution in [3.63, 3.8) is 0 Å². The molecule has 4 heterocycles. The van der Waals surface area contributed by atoms with Gasteiger partial charge in [-0.3, -0.25) is 14.2 Å². The molecule has 1 unspecified atom stereocenters. The highest BCUT2D eigenvalue weighted by atomic mass is 32.1. The van der Waals surface area contributed by atoms with E-state index in [1.54, 1.807) is 17.9 Å². The number of likely N-dealkylation sites (tertiary alicyclic amines) is 1. The number of nitrogens with one attached hydrogen (secondary N) is 1. The summed E-state index contributed by atoms with van der Waals surface area (Å²) in [6, 6.07) is 1.59. The van der Waals surface area contributed by atoms with Crippen LogP contribution in [0.15, 0.2) is 35.4 Å². The number of aromatic nitrogens is 3. The number of amides is 2. The topological polar surface area (TPSA) is 93.3 Å². The van der Waals surface area contributed by atoms with Gasteiger partial charge < -0.3 is 14.6 Å². The number of furan rings is 1. The molecule has 0 radical (unpaired) electrons. The number of thiazole rings is 1. The van der Waals surface area contributed by atoms with Crippen LogP contribution in [0.5, 0.6) is 0 Å². The molecule has 1 aliphatic heterocycles. The predicted octanol–water partition coefficient (Wildman–Crippen LogP) is 3.79. The number of hydrogen-bond acceptors (Lipinski definition) is 6. The molecule has 1 fully saturated rings. The molecular formula is C19H19F2N5O3S. The largest absolute Gasteiger partial charge is 0.472 e. The highest BCUT2D eigenvalue weighted by molar-refractivity contribution is 7.19. The van der Waals surface area contributed by atoms with Gasteiger partial charge in [-0.1, -0.05) is 11.3 Å². The number of hydrogen-bond donors (Lipinski definition) is 1. The van der Waals surface area contributed by atoms with Crippen LogP contribution in [-0.4, -0.2) is 44.3 Å². The van der Waals surface area contributed by atoms with Crippen LogP contribution in [0.1, 0.15) is 35.4 Å². The van der Waals surface area contributed by atoms with Crippen LogP contribution in [0.4, 0.5) is 13.9 Å². The maximum Gasteiger partial charge on any atom is 0.320 e. The Labute approximate surface area is 174 Å². The van der Waals surface area contributed by atoms with Crippen molar-refractivity contribution >= 4 is 28.3 Å². The molecule has 3 aromatic rings. The lowest BCUT2D eigenvalue weighted by Gasteiger charge is -2.31. The molecule has 0 saturated carbocycles. The lowest BCUT2D eigenvalue weighted by molar-refractivity contribution is -0.121. The Bertz CT molecular complexity index is 1050. The molecule has 8 nitrogen and oxygen atoms in total. The molecule has 1 saturated heterocycles. The monoisotopic (exact) mass is 435 g/mol. The number of halogens is 2. The van der Waals surface area contributed by atoms with Gasteiger partial charge in [-0.05, 0) is 25.8 Å². The van der Waals surface area contributed by atoms with E-state index in [0.717, 1.165) is 15.9 Å². The summed E-state index contributed by atoms with van der Waals surface area (Å²) in [6.07, 6.45) is 6.67. The van der Waals surface area contributed by atoms with E-state index in [0.29, 0.717) is 47.2 Å². The zero-order valence-electron chi connectivity index (χ0n) is 16.0. The van der Waals surface area contributed by atoms with E-state index in [4.69, 9.17) is 4.42 Å². The molecule has 1 atom stereocenters. The first-order valence-electron chi connectivity index (χ1n) is 9.35. The van der Waals surface area contributed by atoms with Crippen LogP contribution >= 0.6 is 11.3 Å². The lowest BCUT2D eigenvalue weighted by Crippen LogP contribution is -2.43. The van der Waals surface area contributed by atoms with Crippen molar-refractivity contribution in [1.29, 1.82) is 0 Å². The minimum atomic E-state index is -2.72. The van der Waals surface area contributed by atoms with Crippen molar-refractivity contribution in [3.05, 3.63) is 42.2 Å². The second-order valence-corrected chi connectivity index (χ2v) is 7.96. The van der Waals surface area contributed by atoms with Crippen molar-refractivity contribution in [3.8, 4) is 10.7 Å². The third kappa shape index (κ3) is 3.97. The van der Waals surface area contributed by atoms with Crippen molar-refractivity contribution < 1.29 is 22.8 Å². The van der Waals surface area contributed by atoms with Crippen molar-refractivity contribution in [2.75, 3.05) is 18.4 Å². The number of carbonyl (C=O) groups excluding carboxylic acids is 2. The summed E-state index contributed by atoms with van der Waals surface area (Å²) in [4.78, 5) is 35.7. The summed E-state index contributed by atoms with van der Waals surface area (Å²) in [6.45, 7) is -0.172. The molecule has 3 aromatic heterocycles. The van der Waals surface area contributed by atoms with Gasteiger partial charge in [0.2, 0.25) is 5.91 Å². The van der Waals surface area contributed by atoms with Crippen LogP contribution in [0.2, 0.25) is 0 Å². The number of piperidine rings is 1. The van der Waals surface area contributed by atoms with Gasteiger partial charge >= 0.3 is 6.55 Å². The van der Waals surface area contributed by atoms with Crippen LogP contribution < -0.4 is 5.32 Å². The van der Waals surface area contributed by atoms with Gasteiger partial charge in [0.15, 0.2) is 11.0 Å². The maximum absolute atomic E-state index is 13.1. The number of nitrogens with zero attached hydrogens (tertiary/aromatic N) is 4. The van der Waals surface area contributed by atoms with Crippen molar-refractivity contribution in [2.24, 2.45) is 5.92 Å². The molecule has 30 heavy (non-hydrogen) atoms. The van der Waals surface area contributed by atoms with Gasteiger partial charge in [-0.2, -0.15) is 8.78 Å². The predicted molar refractivity (Wildman–Crippen MR) is 105 cm³/mol. The summed E-state index contributed by atoms with van der Waals surface area (Å²) in [5.74, 6) is -0.704. The smallest absolute Gasteiger partial charge is 0.320 e. The molecule has 1 N–H and O–H groups in total. The number of alkyl halides is 2. The first-order chi connectivity index (χ1) is 14.4. The highest BCUT2D eigenvalue weighted by Gasteiger charge is 2.30. The van der Waals surface area contributed by atoms with Crippen LogP contribution in [-0.2, 0) is 4.79 Å². The number of rotatable bonds is 5. The summed E-state index contributed by atoms with van der Waals surface area (Å²) < 4.78 is 32.0. The minimum Gasteiger partial charge on any atom is -0.472 e. The third-order valence-electron chi connectivity index (χ3n) is 4.96. The lowest BCUT2D eigenvalue weighted by atomic mass is 9.97. The fraction of sp³-hybridized carbons (Fsp3) is 0.368. The molecule has 4 rings (SSSR count). The van der Waals surface area contributed by atoms with E-state index in [2.05, 4.69) is 15.3 Å². The maximum atomic E-state index is 13.1. The zero-order chi connectivity index (χ0) is 21.3. The summed E-state index contributed by atoms with van der Waals surface area (Å²) in [5, 5.41) is 3.08. The van der Waals surface area contributed by atoms with Crippen molar-refractivity contribution in [1.82, 2.24) is 19.4 Å². The molecule has 0 spiro atoms. The summed E-state index contributed by atoms with van der Waals surface area (Å²) in [7, 11) is 0. The first-order valence-corrected chi connectivity index (χ1v) is 10.2. The average Bonchev–Trinajstić information content (AvgIpc) is 3.48. The first kappa shape index (κ1) is 20.2. The standard InChI is InChI=1S/C19H19F2N5O3S/c1-11-14(15-22-5-7-26(15)18(20)21)30-19(23-11)24-16(27)12-3-2-6-25(9-12)17(28)13-4-8-29-10-13/h4-5,7-8,10,12,18H,2-3,6,9H2,1H3,(H,23,24,27). The molecule has 158 valence electrons. The molecule has 0 aromatic carbocycles. The molecule has 0 aliphatic carbocycles. The molecule has 0 bridgehead atoms. The Morgan fingerprint density at radius 1 is 1.40 bits per heavy atom. The summed E-state index contributed by atoms with van der Waals surface area (Å²) in [5.41, 5.74) is 0.953. The summed E-state index contributed by atoms with van der Waals surface area (Å²) >= 11 is 1.09. The van der Waals surface area contributed by atoms with Crippen LogP contribution in [0, 0.1) is 12.8 Å². The van der Waals surface area contributed by atoms with Gasteiger partial charge in [0.1, 0.15) is 6.26 Å². The van der Waals surface area contributed by atoms with Crippen LogP contribution in [0.3, 0.4) is 0 Å². The van der Waals surface area contributed by atoms with Gasteiger partial charge in [-0.25, -0.2) is 9.97 Å². The van der Waals surface area contributed by atoms with Gasteiger partial charge in [0.05, 0.1) is 28.3 Å². The molecule has 1 aliphatic rings. The van der Waals surface area contributed by atoms with E-state index in [1.807, 2.05) is 0 Å². The quantitative estimate of drug-likeness (QED) is 0.658. The van der Waals surface area contributed by atoms with E-state index in [9.17, 15) is 18.4 Å². The molecule has 2 amide bonds. The number of anilines is 1. The Hall–Kier alpha value is -3.08. The second-order valence-electron chi connectivity index (χ2n) is 6.96.